The molecule has 2 N–H and O–H groups in total. The number of hydrogen-bond acceptors (Lipinski definition) is 3. The van der Waals surface area contributed by atoms with Gasteiger partial charge < -0.3 is 15.2 Å². The first kappa shape index (κ1) is 16.6. The first-order valence-electron chi connectivity index (χ1n) is 7.50. The number of nitrogens with two attached hydrogens (primary N) is 1. The molecule has 21 heavy (non-hydrogen) atoms. The highest BCUT2D eigenvalue weighted by atomic mass is 35.5. The van der Waals surface area contributed by atoms with Crippen LogP contribution in [0, 0.1) is 0 Å². The number of hydrogen-bond donors (Lipinski definition) is 1. The van der Waals surface area contributed by atoms with E-state index in [1.54, 1.807) is 0 Å². The van der Waals surface area contributed by atoms with E-state index in [1.807, 2.05) is 25.1 Å². The van der Waals surface area contributed by atoms with Gasteiger partial charge in [0.05, 0.1) is 5.60 Å². The molecule has 1 aliphatic rings. The molecular weight excluding hydrogens is 286 g/mol. The molecule has 118 valence electrons. The third-order valence-electron chi connectivity index (χ3n) is 3.83. The molecular formula is C17H26ClNO2. The van der Waals surface area contributed by atoms with Gasteiger partial charge in [-0.3, -0.25) is 0 Å². The van der Waals surface area contributed by atoms with E-state index in [-0.39, 0.29) is 23.3 Å². The van der Waals surface area contributed by atoms with Crippen LogP contribution in [0.5, 0.6) is 5.75 Å². The number of halogens is 1. The van der Waals surface area contributed by atoms with Crippen LogP contribution < -0.4 is 10.5 Å². The molecule has 4 heteroatoms. The van der Waals surface area contributed by atoms with Crippen molar-refractivity contribution >= 4 is 11.6 Å². The maximum absolute atomic E-state index is 6.27. The largest absolute Gasteiger partial charge is 0.487 e. The third kappa shape index (κ3) is 4.12. The van der Waals surface area contributed by atoms with Crippen LogP contribution in [-0.2, 0) is 11.2 Å². The Morgan fingerprint density at radius 1 is 1.38 bits per heavy atom. The first-order chi connectivity index (χ1) is 9.59. The predicted octanol–water partition coefficient (Wildman–Crippen LogP) is 3.95. The second-order valence-corrected chi connectivity index (χ2v) is 7.65. The van der Waals surface area contributed by atoms with Gasteiger partial charge >= 0.3 is 0 Å². The summed E-state index contributed by atoms with van der Waals surface area (Å²) in [4.78, 5) is 0. The number of rotatable bonds is 4. The molecule has 0 bridgehead atoms. The Morgan fingerprint density at radius 3 is 2.57 bits per heavy atom. The molecule has 0 aromatic heterocycles. The van der Waals surface area contributed by atoms with E-state index in [1.165, 1.54) is 0 Å². The van der Waals surface area contributed by atoms with E-state index in [4.69, 9.17) is 26.8 Å². The SMILES string of the molecule is CC(N)Cc1cc(Cl)ccc1OC1CC(C)(C)OC1(C)C. The molecule has 0 saturated carbocycles. The Labute approximate surface area is 132 Å². The van der Waals surface area contributed by atoms with E-state index in [2.05, 4.69) is 27.7 Å². The highest BCUT2D eigenvalue weighted by Crippen LogP contribution is 2.40. The zero-order chi connectivity index (χ0) is 15.8. The molecule has 0 radical (unpaired) electrons. The van der Waals surface area contributed by atoms with Gasteiger partial charge in [-0.1, -0.05) is 11.6 Å². The number of ether oxygens (including phenoxy) is 2. The molecule has 3 nitrogen and oxygen atoms in total. The summed E-state index contributed by atoms with van der Waals surface area (Å²) < 4.78 is 12.4. The van der Waals surface area contributed by atoms with Gasteiger partial charge in [0, 0.05) is 17.5 Å². The molecule has 2 unspecified atom stereocenters. The van der Waals surface area contributed by atoms with Crippen molar-refractivity contribution < 1.29 is 9.47 Å². The van der Waals surface area contributed by atoms with Gasteiger partial charge in [0.25, 0.3) is 0 Å². The zero-order valence-corrected chi connectivity index (χ0v) is 14.3. The Balaban J connectivity index is 2.23. The lowest BCUT2D eigenvalue weighted by molar-refractivity contribution is -0.0846. The van der Waals surface area contributed by atoms with Gasteiger partial charge in [-0.2, -0.15) is 0 Å². The van der Waals surface area contributed by atoms with Gasteiger partial charge in [-0.05, 0) is 64.8 Å². The van der Waals surface area contributed by atoms with Gasteiger partial charge in [0.1, 0.15) is 17.5 Å². The van der Waals surface area contributed by atoms with E-state index < -0.39 is 0 Å². The second kappa shape index (κ2) is 5.79. The molecule has 0 spiro atoms. The Kier molecular flexibility index (Phi) is 4.57. The van der Waals surface area contributed by atoms with Crippen molar-refractivity contribution in [2.24, 2.45) is 5.73 Å². The summed E-state index contributed by atoms with van der Waals surface area (Å²) in [5.74, 6) is 0.857. The van der Waals surface area contributed by atoms with Crippen LogP contribution >= 0.6 is 11.6 Å². The van der Waals surface area contributed by atoms with E-state index in [9.17, 15) is 0 Å². The molecule has 1 fully saturated rings. The average molecular weight is 312 g/mol. The summed E-state index contributed by atoms with van der Waals surface area (Å²) in [6.07, 6.45) is 1.62. The van der Waals surface area contributed by atoms with E-state index >= 15 is 0 Å². The minimum absolute atomic E-state index is 0.0144. The summed E-state index contributed by atoms with van der Waals surface area (Å²) in [6.45, 7) is 10.3. The van der Waals surface area contributed by atoms with Crippen LogP contribution in [-0.4, -0.2) is 23.3 Å². The molecule has 0 aliphatic carbocycles. The maximum atomic E-state index is 6.27. The fraction of sp³-hybridized carbons (Fsp3) is 0.647. The van der Waals surface area contributed by atoms with Crippen LogP contribution in [0.4, 0.5) is 0 Å². The molecule has 1 saturated heterocycles. The quantitative estimate of drug-likeness (QED) is 0.915. The van der Waals surface area contributed by atoms with Crippen molar-refractivity contribution in [2.75, 3.05) is 0 Å². The van der Waals surface area contributed by atoms with Gasteiger partial charge in [-0.25, -0.2) is 0 Å². The second-order valence-electron chi connectivity index (χ2n) is 7.21. The summed E-state index contributed by atoms with van der Waals surface area (Å²) >= 11 is 6.10. The van der Waals surface area contributed by atoms with Crippen molar-refractivity contribution in [3.63, 3.8) is 0 Å². The smallest absolute Gasteiger partial charge is 0.130 e. The molecule has 0 amide bonds. The lowest BCUT2D eigenvalue weighted by atomic mass is 9.97. The maximum Gasteiger partial charge on any atom is 0.130 e. The lowest BCUT2D eigenvalue weighted by Crippen LogP contribution is -2.37. The summed E-state index contributed by atoms with van der Waals surface area (Å²) in [5.41, 5.74) is 6.50. The average Bonchev–Trinajstić information content (AvgIpc) is 2.49. The third-order valence-corrected chi connectivity index (χ3v) is 4.06. The van der Waals surface area contributed by atoms with Crippen molar-refractivity contribution in [1.82, 2.24) is 0 Å². The topological polar surface area (TPSA) is 44.5 Å². The Morgan fingerprint density at radius 2 is 2.05 bits per heavy atom. The molecule has 1 aromatic carbocycles. The van der Waals surface area contributed by atoms with Crippen molar-refractivity contribution in [3.05, 3.63) is 28.8 Å². The highest BCUT2D eigenvalue weighted by molar-refractivity contribution is 6.30. The zero-order valence-electron chi connectivity index (χ0n) is 13.6. The Bertz CT molecular complexity index is 512. The van der Waals surface area contributed by atoms with Gasteiger partial charge in [0.2, 0.25) is 0 Å². The minimum Gasteiger partial charge on any atom is -0.487 e. The van der Waals surface area contributed by atoms with Crippen molar-refractivity contribution in [1.29, 1.82) is 0 Å². The summed E-state index contributed by atoms with van der Waals surface area (Å²) in [6, 6.07) is 5.79. The van der Waals surface area contributed by atoms with Crippen molar-refractivity contribution in [2.45, 2.75) is 70.8 Å². The van der Waals surface area contributed by atoms with Gasteiger partial charge in [0.15, 0.2) is 0 Å². The summed E-state index contributed by atoms with van der Waals surface area (Å²) in [7, 11) is 0. The van der Waals surface area contributed by atoms with Crippen LogP contribution in [0.25, 0.3) is 0 Å². The van der Waals surface area contributed by atoms with Gasteiger partial charge in [-0.15, -0.1) is 0 Å². The standard InChI is InChI=1S/C17H26ClNO2/c1-11(19)8-12-9-13(18)6-7-14(12)20-15-10-16(2,3)21-17(15,4)5/h6-7,9,11,15H,8,10,19H2,1-5H3. The minimum atomic E-state index is -0.311. The monoisotopic (exact) mass is 311 g/mol. The van der Waals surface area contributed by atoms with E-state index in [0.717, 1.165) is 24.2 Å². The molecule has 2 atom stereocenters. The van der Waals surface area contributed by atoms with E-state index in [0.29, 0.717) is 5.02 Å². The van der Waals surface area contributed by atoms with Crippen LogP contribution in [0.15, 0.2) is 18.2 Å². The lowest BCUT2D eigenvalue weighted by Gasteiger charge is -2.28. The molecule has 2 rings (SSSR count). The van der Waals surface area contributed by atoms with Crippen LogP contribution in [0.3, 0.4) is 0 Å². The fourth-order valence-electron chi connectivity index (χ4n) is 3.02. The summed E-state index contributed by atoms with van der Waals surface area (Å²) in [5, 5.41) is 0.709. The molecule has 1 aromatic rings. The normalized spacial score (nSPS) is 24.8. The van der Waals surface area contributed by atoms with Crippen molar-refractivity contribution in [3.8, 4) is 5.75 Å². The first-order valence-corrected chi connectivity index (χ1v) is 7.88. The fourth-order valence-corrected chi connectivity index (χ4v) is 3.21. The van der Waals surface area contributed by atoms with Crippen LogP contribution in [0.1, 0.15) is 46.6 Å². The Hall–Kier alpha value is -0.770. The van der Waals surface area contributed by atoms with Crippen LogP contribution in [0.2, 0.25) is 5.02 Å². The molecule has 1 heterocycles. The highest BCUT2D eigenvalue weighted by Gasteiger charge is 2.47. The number of benzene rings is 1. The predicted molar refractivity (Wildman–Crippen MR) is 87.1 cm³/mol. The molecule has 1 aliphatic heterocycles.